The highest BCUT2D eigenvalue weighted by Gasteiger charge is 2.32. The zero-order chi connectivity index (χ0) is 31.8. The number of amides is 2. The molecule has 3 aromatic rings. The summed E-state index contributed by atoms with van der Waals surface area (Å²) in [6, 6.07) is 13.8. The molecule has 0 unspecified atom stereocenters. The van der Waals surface area contributed by atoms with Gasteiger partial charge in [0.25, 0.3) is 0 Å². The van der Waals surface area contributed by atoms with Crippen molar-refractivity contribution in [3.8, 4) is 0 Å². The Labute approximate surface area is 252 Å². The van der Waals surface area contributed by atoms with Crippen LogP contribution < -0.4 is 9.62 Å². The number of rotatable bonds is 13. The summed E-state index contributed by atoms with van der Waals surface area (Å²) in [5, 5.41) is 4.52. The summed E-state index contributed by atoms with van der Waals surface area (Å²) in [6.07, 6.45) is -6.11. The molecule has 0 saturated carbocycles. The van der Waals surface area contributed by atoms with Gasteiger partial charge in [-0.1, -0.05) is 42.5 Å². The normalized spacial score (nSPS) is 13.2. The van der Waals surface area contributed by atoms with Crippen LogP contribution in [0.4, 0.5) is 23.7 Å². The summed E-state index contributed by atoms with van der Waals surface area (Å²) in [7, 11) is 1.14. The van der Waals surface area contributed by atoms with E-state index in [4.69, 9.17) is 4.74 Å². The lowest BCUT2D eigenvalue weighted by molar-refractivity contribution is -0.134. The monoisotopic (exact) mass is 642 g/mol. The lowest BCUT2D eigenvalue weighted by Crippen LogP contribution is -2.49. The largest absolute Gasteiger partial charge is 0.453 e. The minimum atomic E-state index is -4.34. The summed E-state index contributed by atoms with van der Waals surface area (Å²) in [4.78, 5) is 31.8. The van der Waals surface area contributed by atoms with E-state index in [1.807, 2.05) is 18.2 Å². The number of nitrogens with zero attached hydrogens (tertiary/aromatic N) is 3. The number of aryl methyl sites for hydroxylation is 1. The fraction of sp³-hybridized carbons (Fsp3) is 0.393. The number of methoxy groups -OCH3 is 1. The van der Waals surface area contributed by atoms with E-state index >= 15 is 0 Å². The van der Waals surface area contributed by atoms with Crippen LogP contribution in [0.5, 0.6) is 0 Å². The molecule has 2 amide bonds. The number of ether oxygens (including phenoxy) is 1. The number of hydrogen-bond donors (Lipinski definition) is 1. The number of benzene rings is 2. The molecule has 3 rings (SSSR count). The molecule has 1 N–H and O–H groups in total. The topological polar surface area (TPSA) is 118 Å². The Morgan fingerprint density at radius 2 is 1.63 bits per heavy atom. The Morgan fingerprint density at radius 1 is 1.00 bits per heavy atom. The molecule has 0 fully saturated rings. The number of aromatic nitrogens is 1. The average Bonchev–Trinajstić information content (AvgIpc) is 3.46. The van der Waals surface area contributed by atoms with Crippen LogP contribution in [0.25, 0.3) is 0 Å². The Balaban J connectivity index is 1.94. The fourth-order valence-electron chi connectivity index (χ4n) is 4.21. The molecular weight excluding hydrogens is 609 g/mol. The molecule has 0 aliphatic heterocycles. The SMILES string of the molecule is COC(=O)N[C@@H](Cc1ccccc1)C(=O)N(C)[C@@H](Cc1ccc(N(C)S(=O)(=O)OC)cc1)c1nc(CCC(F)(F)F)cs1. The van der Waals surface area contributed by atoms with E-state index in [1.54, 1.807) is 36.4 Å². The predicted molar refractivity (Wildman–Crippen MR) is 156 cm³/mol. The summed E-state index contributed by atoms with van der Waals surface area (Å²) in [5.41, 5.74) is 2.07. The first-order chi connectivity index (χ1) is 20.2. The van der Waals surface area contributed by atoms with Crippen molar-refractivity contribution in [3.63, 3.8) is 0 Å². The van der Waals surface area contributed by atoms with Crippen molar-refractivity contribution >= 4 is 39.3 Å². The Hall–Kier alpha value is -3.69. The molecule has 0 spiro atoms. The minimum absolute atomic E-state index is 0.162. The fourth-order valence-corrected chi connectivity index (χ4v) is 5.81. The summed E-state index contributed by atoms with van der Waals surface area (Å²) >= 11 is 1.13. The van der Waals surface area contributed by atoms with Gasteiger partial charge in [-0.3, -0.25) is 13.3 Å². The third-order valence-corrected chi connectivity index (χ3v) is 8.97. The van der Waals surface area contributed by atoms with E-state index in [-0.39, 0.29) is 25.0 Å². The average molecular weight is 643 g/mol. The molecule has 1 aromatic heterocycles. The van der Waals surface area contributed by atoms with E-state index in [0.29, 0.717) is 16.3 Å². The number of halogens is 3. The molecule has 15 heteroatoms. The maximum Gasteiger partial charge on any atom is 0.407 e. The van der Waals surface area contributed by atoms with Crippen LogP contribution in [0.3, 0.4) is 0 Å². The van der Waals surface area contributed by atoms with Crippen molar-refractivity contribution in [2.45, 2.75) is 43.9 Å². The number of likely N-dealkylation sites (N-methyl/N-ethyl adjacent to an activating group) is 1. The van der Waals surface area contributed by atoms with Gasteiger partial charge in [0.05, 0.1) is 31.6 Å². The molecule has 0 bridgehead atoms. The third-order valence-electron chi connectivity index (χ3n) is 6.67. The predicted octanol–water partition coefficient (Wildman–Crippen LogP) is 4.67. The highest BCUT2D eigenvalue weighted by atomic mass is 32.2. The zero-order valence-corrected chi connectivity index (χ0v) is 25.6. The number of alkyl halides is 3. The van der Waals surface area contributed by atoms with Gasteiger partial charge in [-0.25, -0.2) is 9.78 Å². The summed E-state index contributed by atoms with van der Waals surface area (Å²) in [6.45, 7) is 0. The van der Waals surface area contributed by atoms with Crippen LogP contribution >= 0.6 is 11.3 Å². The summed E-state index contributed by atoms with van der Waals surface area (Å²) in [5.74, 6) is -0.464. The van der Waals surface area contributed by atoms with Gasteiger partial charge in [0.1, 0.15) is 11.0 Å². The standard InChI is InChI=1S/C28H33F3N4O6S2/c1-34(26(36)23(33-27(37)40-3)16-19-8-6-5-7-9-19)24(25-32-21(18-42-25)14-15-28(29,30)31)17-20-10-12-22(13-11-20)35(2)43(38,39)41-4/h5-13,18,23-24H,14-17H2,1-4H3,(H,33,37)/t23-,24-/m0/s1. The molecule has 0 aliphatic carbocycles. The van der Waals surface area contributed by atoms with Crippen LogP contribution in [0.1, 0.15) is 34.3 Å². The van der Waals surface area contributed by atoms with Gasteiger partial charge in [0.2, 0.25) is 5.91 Å². The van der Waals surface area contributed by atoms with Gasteiger partial charge < -0.3 is 15.0 Å². The number of nitrogens with one attached hydrogen (secondary N) is 1. The van der Waals surface area contributed by atoms with Crippen LogP contribution in [-0.2, 0) is 43.3 Å². The number of anilines is 1. The number of hydrogen-bond acceptors (Lipinski definition) is 8. The Bertz CT molecular complexity index is 1470. The van der Waals surface area contributed by atoms with E-state index in [2.05, 4.69) is 14.5 Å². The molecule has 2 atom stereocenters. The molecule has 0 saturated heterocycles. The number of carbonyl (C=O) groups is 2. The van der Waals surface area contributed by atoms with Crippen molar-refractivity contribution in [2.75, 3.05) is 32.6 Å². The molecular formula is C28H33F3N4O6S2. The molecule has 10 nitrogen and oxygen atoms in total. The number of alkyl carbamates (subject to hydrolysis) is 1. The van der Waals surface area contributed by atoms with Gasteiger partial charge in [0.15, 0.2) is 0 Å². The second kappa shape index (κ2) is 14.7. The van der Waals surface area contributed by atoms with Crippen molar-refractivity contribution in [3.05, 3.63) is 81.8 Å². The lowest BCUT2D eigenvalue weighted by atomic mass is 10.0. The lowest BCUT2D eigenvalue weighted by Gasteiger charge is -2.31. The smallest absolute Gasteiger partial charge is 0.407 e. The minimum Gasteiger partial charge on any atom is -0.453 e. The quantitative estimate of drug-likeness (QED) is 0.288. The van der Waals surface area contributed by atoms with Crippen LogP contribution in [0, 0.1) is 0 Å². The van der Waals surface area contributed by atoms with Crippen LogP contribution in [0.15, 0.2) is 60.0 Å². The van der Waals surface area contributed by atoms with Gasteiger partial charge in [0, 0.05) is 32.3 Å². The highest BCUT2D eigenvalue weighted by Crippen LogP contribution is 2.30. The molecule has 43 heavy (non-hydrogen) atoms. The Morgan fingerprint density at radius 3 is 2.21 bits per heavy atom. The van der Waals surface area contributed by atoms with Crippen LogP contribution in [-0.4, -0.2) is 70.8 Å². The highest BCUT2D eigenvalue weighted by molar-refractivity contribution is 7.88. The van der Waals surface area contributed by atoms with Crippen molar-refractivity contribution in [1.29, 1.82) is 0 Å². The number of thiazole rings is 1. The molecule has 234 valence electrons. The molecule has 0 radical (unpaired) electrons. The van der Waals surface area contributed by atoms with Crippen molar-refractivity contribution in [2.24, 2.45) is 0 Å². The number of carbonyl (C=O) groups excluding carboxylic acids is 2. The Kier molecular flexibility index (Phi) is 11.5. The zero-order valence-electron chi connectivity index (χ0n) is 24.0. The van der Waals surface area contributed by atoms with E-state index < -0.39 is 47.0 Å². The van der Waals surface area contributed by atoms with Gasteiger partial charge >= 0.3 is 22.6 Å². The molecule has 2 aromatic carbocycles. The maximum absolute atomic E-state index is 13.9. The van der Waals surface area contributed by atoms with Gasteiger partial charge in [-0.15, -0.1) is 11.3 Å². The van der Waals surface area contributed by atoms with Crippen molar-refractivity contribution < 1.29 is 40.1 Å². The first-order valence-electron chi connectivity index (χ1n) is 13.0. The van der Waals surface area contributed by atoms with E-state index in [1.165, 1.54) is 31.5 Å². The second-order valence-corrected chi connectivity index (χ2v) is 12.2. The third kappa shape index (κ3) is 9.66. The molecule has 1 heterocycles. The van der Waals surface area contributed by atoms with Crippen molar-refractivity contribution in [1.82, 2.24) is 15.2 Å². The first-order valence-corrected chi connectivity index (χ1v) is 15.3. The molecule has 0 aliphatic rings. The first kappa shape index (κ1) is 33.8. The second-order valence-electron chi connectivity index (χ2n) is 9.60. The maximum atomic E-state index is 13.9. The van der Waals surface area contributed by atoms with Gasteiger partial charge in [-0.05, 0) is 36.1 Å². The van der Waals surface area contributed by atoms with Gasteiger partial charge in [-0.2, -0.15) is 21.6 Å². The van der Waals surface area contributed by atoms with E-state index in [9.17, 15) is 31.2 Å². The van der Waals surface area contributed by atoms with E-state index in [0.717, 1.165) is 28.3 Å². The van der Waals surface area contributed by atoms with Crippen LogP contribution in [0.2, 0.25) is 0 Å². The summed E-state index contributed by atoms with van der Waals surface area (Å²) < 4.78 is 72.9.